The molecular weight excluding hydrogens is 704 g/mol. The van der Waals surface area contributed by atoms with Gasteiger partial charge in [0.05, 0.1) is 24.4 Å². The molecule has 0 aromatic rings. The quantitative estimate of drug-likeness (QED) is 0.182. The first-order chi connectivity index (χ1) is 24.0. The number of hydrogen-bond donors (Lipinski definition) is 4. The molecule has 9 fully saturated rings. The molecule has 1 aliphatic heterocycles. The molecule has 1 heterocycles. The van der Waals surface area contributed by atoms with Crippen LogP contribution >= 0.6 is 12.4 Å². The Morgan fingerprint density at radius 3 is 1.42 bits per heavy atom. The van der Waals surface area contributed by atoms with Gasteiger partial charge in [0.15, 0.2) is 5.79 Å². The molecular formula is C48H83ClN2O4. The molecule has 0 aromatic heterocycles. The van der Waals surface area contributed by atoms with E-state index < -0.39 is 18.0 Å². The van der Waals surface area contributed by atoms with Crippen molar-refractivity contribution in [3.63, 3.8) is 0 Å². The monoisotopic (exact) mass is 787 g/mol. The normalized spacial score (nSPS) is 54.8. The van der Waals surface area contributed by atoms with Gasteiger partial charge in [-0.15, -0.1) is 37.1 Å². The molecule has 1 saturated heterocycles. The number of fused-ring (bicyclic) bond motifs is 13. The Hall–Kier alpha value is -0.830. The number of ether oxygens (including phenoxy) is 2. The Balaban J connectivity index is 0.000000229. The van der Waals surface area contributed by atoms with Crippen LogP contribution in [0.25, 0.3) is 0 Å². The average Bonchev–Trinajstić information content (AvgIpc) is 3.73. The van der Waals surface area contributed by atoms with Crippen LogP contribution in [0.4, 0.5) is 0 Å². The van der Waals surface area contributed by atoms with Gasteiger partial charge in [-0.2, -0.15) is 0 Å². The molecule has 6 nitrogen and oxygen atoms in total. The first-order valence-corrected chi connectivity index (χ1v) is 21.2. The maximum Gasteiger partial charge on any atom is 0.163 e. The molecule has 20 atom stereocenters. The molecule has 7 heteroatoms. The summed E-state index contributed by atoms with van der Waals surface area (Å²) in [6, 6.07) is 0.492. The SMILES string of the molecule is C.C.C.C#CC1CCC2C3C(CC[C@]12C)[C@@]1(C)CC[C@H](N)CC1[C@@H](O)[C@@H]3O.C#CC1CCC2C3C(CC[C@]12C)[C@@]1(C)CC[C@H](N)CC1[C@H]1OC(C)(C)O[C@H]31.Cl. The minimum absolute atomic E-state index is 0. The third-order valence-corrected chi connectivity index (χ3v) is 18.8. The minimum atomic E-state index is -0.630. The second kappa shape index (κ2) is 16.0. The summed E-state index contributed by atoms with van der Waals surface area (Å²) in [7, 11) is 0. The van der Waals surface area contributed by atoms with Crippen molar-refractivity contribution in [1.82, 2.24) is 0 Å². The van der Waals surface area contributed by atoms with Gasteiger partial charge in [0, 0.05) is 23.9 Å². The number of rotatable bonds is 0. The van der Waals surface area contributed by atoms with Gasteiger partial charge in [-0.3, -0.25) is 0 Å². The first-order valence-electron chi connectivity index (χ1n) is 21.2. The number of aliphatic hydroxyl groups is 2. The summed E-state index contributed by atoms with van der Waals surface area (Å²) >= 11 is 0. The van der Waals surface area contributed by atoms with E-state index in [0.29, 0.717) is 52.9 Å². The molecule has 8 saturated carbocycles. The first kappa shape index (κ1) is 46.9. The van der Waals surface area contributed by atoms with Crippen LogP contribution in [-0.2, 0) is 9.47 Å². The van der Waals surface area contributed by atoms with Crippen LogP contribution in [0, 0.1) is 106 Å². The minimum Gasteiger partial charge on any atom is -0.390 e. The van der Waals surface area contributed by atoms with E-state index in [9.17, 15) is 10.2 Å². The van der Waals surface area contributed by atoms with Gasteiger partial charge in [-0.05, 0) is 173 Å². The number of halogens is 1. The van der Waals surface area contributed by atoms with Crippen molar-refractivity contribution in [3.8, 4) is 24.7 Å². The van der Waals surface area contributed by atoms with Crippen molar-refractivity contribution in [1.29, 1.82) is 0 Å². The molecule has 316 valence electrons. The summed E-state index contributed by atoms with van der Waals surface area (Å²) < 4.78 is 13.3. The smallest absolute Gasteiger partial charge is 0.163 e. The Labute approximate surface area is 344 Å². The number of hydrogen-bond acceptors (Lipinski definition) is 6. The Morgan fingerprint density at radius 1 is 0.509 bits per heavy atom. The van der Waals surface area contributed by atoms with Crippen molar-refractivity contribution in [3.05, 3.63) is 0 Å². The highest BCUT2D eigenvalue weighted by Gasteiger charge is 2.69. The van der Waals surface area contributed by atoms with Crippen LogP contribution in [0.3, 0.4) is 0 Å². The molecule has 6 N–H and O–H groups in total. The van der Waals surface area contributed by atoms with E-state index >= 15 is 0 Å². The highest BCUT2D eigenvalue weighted by atomic mass is 35.5. The highest BCUT2D eigenvalue weighted by Crippen LogP contribution is 2.70. The van der Waals surface area contributed by atoms with Crippen LogP contribution in [0.5, 0.6) is 0 Å². The lowest BCUT2D eigenvalue weighted by Crippen LogP contribution is -2.64. The van der Waals surface area contributed by atoms with E-state index in [2.05, 4.69) is 53.4 Å². The second-order valence-corrected chi connectivity index (χ2v) is 21.1. The molecule has 9 aliphatic rings. The van der Waals surface area contributed by atoms with Crippen molar-refractivity contribution < 1.29 is 19.7 Å². The average molecular weight is 788 g/mol. The van der Waals surface area contributed by atoms with Crippen LogP contribution in [0.2, 0.25) is 0 Å². The predicted octanol–water partition coefficient (Wildman–Crippen LogP) is 9.22. The lowest BCUT2D eigenvalue weighted by molar-refractivity contribution is -0.214. The van der Waals surface area contributed by atoms with Gasteiger partial charge >= 0.3 is 0 Å². The van der Waals surface area contributed by atoms with Gasteiger partial charge in [0.25, 0.3) is 0 Å². The fourth-order valence-electron chi connectivity index (χ4n) is 16.1. The topological polar surface area (TPSA) is 111 Å². The Morgan fingerprint density at radius 2 is 0.909 bits per heavy atom. The fourth-order valence-corrected chi connectivity index (χ4v) is 16.1. The molecule has 0 spiro atoms. The summed E-state index contributed by atoms with van der Waals surface area (Å²) in [4.78, 5) is 0. The third kappa shape index (κ3) is 6.79. The maximum absolute atomic E-state index is 11.1. The van der Waals surface area contributed by atoms with E-state index in [0.717, 1.165) is 57.3 Å². The van der Waals surface area contributed by atoms with Gasteiger partial charge in [0.2, 0.25) is 0 Å². The van der Waals surface area contributed by atoms with Crippen LogP contribution in [0.15, 0.2) is 0 Å². The van der Waals surface area contributed by atoms with E-state index in [1.165, 1.54) is 38.5 Å². The zero-order valence-electron chi connectivity index (χ0n) is 33.1. The molecule has 55 heavy (non-hydrogen) atoms. The summed E-state index contributed by atoms with van der Waals surface area (Å²) in [5, 5.41) is 22.1. The van der Waals surface area contributed by atoms with Crippen LogP contribution in [0.1, 0.15) is 154 Å². The summed E-state index contributed by atoms with van der Waals surface area (Å²) in [6.45, 7) is 13.9. The second-order valence-electron chi connectivity index (χ2n) is 21.1. The Bertz CT molecular complexity index is 1440. The van der Waals surface area contributed by atoms with Gasteiger partial charge in [-0.25, -0.2) is 0 Å². The van der Waals surface area contributed by atoms with Crippen LogP contribution < -0.4 is 11.5 Å². The largest absolute Gasteiger partial charge is 0.390 e. The predicted molar refractivity (Wildman–Crippen MR) is 229 cm³/mol. The maximum atomic E-state index is 11.1. The summed E-state index contributed by atoms with van der Waals surface area (Å²) in [5.74, 6) is 10.3. The molecule has 0 aromatic carbocycles. The lowest BCUT2D eigenvalue weighted by atomic mass is 9.43. The van der Waals surface area contributed by atoms with Gasteiger partial charge in [-0.1, -0.05) is 50.0 Å². The van der Waals surface area contributed by atoms with Crippen LogP contribution in [-0.4, -0.2) is 52.5 Å². The number of nitrogens with two attached hydrogens (primary N) is 2. The molecule has 0 bridgehead atoms. The van der Waals surface area contributed by atoms with Crippen molar-refractivity contribution in [2.24, 2.45) is 92.3 Å². The van der Waals surface area contributed by atoms with E-state index in [1.54, 1.807) is 0 Å². The van der Waals surface area contributed by atoms with E-state index in [-0.39, 0.29) is 81.0 Å². The Kier molecular flexibility index (Phi) is 13.6. The summed E-state index contributed by atoms with van der Waals surface area (Å²) in [5.41, 5.74) is 13.5. The van der Waals surface area contributed by atoms with Gasteiger partial charge < -0.3 is 31.2 Å². The zero-order chi connectivity index (χ0) is 36.5. The third-order valence-electron chi connectivity index (χ3n) is 18.8. The molecule has 9 rings (SSSR count). The molecule has 8 aliphatic carbocycles. The van der Waals surface area contributed by atoms with Crippen molar-refractivity contribution in [2.45, 2.75) is 196 Å². The molecule has 0 radical (unpaired) electrons. The molecule has 0 amide bonds. The van der Waals surface area contributed by atoms with E-state index in [4.69, 9.17) is 33.8 Å². The highest BCUT2D eigenvalue weighted by molar-refractivity contribution is 5.85. The van der Waals surface area contributed by atoms with Crippen molar-refractivity contribution in [2.75, 3.05) is 0 Å². The summed E-state index contributed by atoms with van der Waals surface area (Å²) in [6.07, 6.45) is 27.0. The fraction of sp³-hybridized carbons (Fsp3) is 0.917. The number of terminal acetylenes is 2. The zero-order valence-corrected chi connectivity index (χ0v) is 33.9. The van der Waals surface area contributed by atoms with Crippen molar-refractivity contribution >= 4 is 12.4 Å². The standard InChI is InChI=1S/C24H37NO2.C21H33NO2.3CH4.ClH/c1-6-14-7-8-16-19-17(10-12-23(14,16)4)24(5)11-9-15(25)13-18(24)20-21(19)27-22(2,3)26-20;1-4-12-5-6-14-17-15(8-10-20(12,14)2)21(3)9-7-13(22)11-16(21)18(23)19(17)24;;;;/h1,14-21H,7-13,25H2,2-5H3;1,12-19,23-24H,5-11,22H2,2-3H3;3*1H4;1H/t14?,15-,16?,17?,18?,19?,20+,21+,23+,24+;12?,13-,14?,15?,16?,17?,18+,19+,20+,21+;;;;/m00..../s1. The van der Waals surface area contributed by atoms with Gasteiger partial charge in [0.1, 0.15) is 0 Å². The molecule has 10 unspecified atom stereocenters. The number of aliphatic hydroxyl groups excluding tert-OH is 2. The lowest BCUT2D eigenvalue weighted by Gasteiger charge is -2.63. The van der Waals surface area contributed by atoms with E-state index in [1.807, 2.05) is 0 Å².